The number of allylic oxidation sites excluding steroid dienone is 2. The van der Waals surface area contributed by atoms with Gasteiger partial charge in [0.05, 0.1) is 0 Å². The summed E-state index contributed by atoms with van der Waals surface area (Å²) >= 11 is 3.04. The maximum Gasteiger partial charge on any atom is 0.331 e. The Morgan fingerprint density at radius 2 is 2.07 bits per heavy atom. The number of carbonyl (C=O) groups is 2. The van der Waals surface area contributed by atoms with Gasteiger partial charge in [0.15, 0.2) is 0 Å². The summed E-state index contributed by atoms with van der Waals surface area (Å²) in [6.07, 6.45) is 4.29. The number of halogens is 1. The second-order valence-electron chi connectivity index (χ2n) is 3.08. The first-order valence-electron chi connectivity index (χ1n) is 3.94. The number of hydrogen-bond donors (Lipinski definition) is 2. The highest BCUT2D eigenvalue weighted by Crippen LogP contribution is 2.37. The molecule has 1 aliphatic rings. The number of aliphatic carboxylic acids is 2. The Kier molecular flexibility index (Phi) is 2.80. The lowest BCUT2D eigenvalue weighted by Gasteiger charge is -2.29. The molecule has 0 radical (unpaired) electrons. The Balaban J connectivity index is 3.11. The van der Waals surface area contributed by atoms with Crippen LogP contribution in [0.4, 0.5) is 0 Å². The van der Waals surface area contributed by atoms with Crippen molar-refractivity contribution in [2.75, 3.05) is 0 Å². The van der Waals surface area contributed by atoms with Crippen LogP contribution in [0, 0.1) is 5.92 Å². The average molecular weight is 261 g/mol. The Morgan fingerprint density at radius 1 is 1.50 bits per heavy atom. The van der Waals surface area contributed by atoms with E-state index in [1.165, 1.54) is 18.2 Å². The molecule has 1 aliphatic carbocycles. The largest absolute Gasteiger partial charge is 0.480 e. The minimum Gasteiger partial charge on any atom is -0.480 e. The van der Waals surface area contributed by atoms with E-state index < -0.39 is 22.2 Å². The first-order valence-corrected chi connectivity index (χ1v) is 4.74. The molecule has 1 rings (SSSR count). The average Bonchev–Trinajstić information content (AvgIpc) is 2.09. The van der Waals surface area contributed by atoms with Crippen LogP contribution in [-0.4, -0.2) is 26.5 Å². The van der Waals surface area contributed by atoms with Gasteiger partial charge in [-0.15, -0.1) is 0 Å². The van der Waals surface area contributed by atoms with Crippen molar-refractivity contribution in [3.8, 4) is 0 Å². The summed E-state index contributed by atoms with van der Waals surface area (Å²) in [5.74, 6) is -2.79. The maximum atomic E-state index is 10.9. The van der Waals surface area contributed by atoms with Crippen LogP contribution in [0.3, 0.4) is 0 Å². The lowest BCUT2D eigenvalue weighted by Crippen LogP contribution is -2.40. The van der Waals surface area contributed by atoms with Gasteiger partial charge in [0.1, 0.15) is 4.32 Å². The zero-order valence-electron chi connectivity index (χ0n) is 7.40. The van der Waals surface area contributed by atoms with E-state index in [2.05, 4.69) is 15.9 Å². The molecule has 14 heavy (non-hydrogen) atoms. The smallest absolute Gasteiger partial charge is 0.331 e. The molecule has 0 saturated carbocycles. The third kappa shape index (κ3) is 1.59. The highest BCUT2D eigenvalue weighted by Gasteiger charge is 2.43. The molecular formula is C9H9BrO4. The predicted octanol–water partition coefficient (Wildman–Crippen LogP) is 1.42. The fourth-order valence-electron chi connectivity index (χ4n) is 1.32. The van der Waals surface area contributed by atoms with Gasteiger partial charge in [-0.05, 0) is 0 Å². The number of rotatable bonds is 2. The Morgan fingerprint density at radius 3 is 2.50 bits per heavy atom. The van der Waals surface area contributed by atoms with Crippen LogP contribution in [0.5, 0.6) is 0 Å². The van der Waals surface area contributed by atoms with Gasteiger partial charge in [-0.1, -0.05) is 41.1 Å². The molecule has 2 N–H and O–H groups in total. The number of hydrogen-bond acceptors (Lipinski definition) is 2. The Hall–Kier alpha value is -1.10. The summed E-state index contributed by atoms with van der Waals surface area (Å²) in [6, 6.07) is 0. The molecule has 4 nitrogen and oxygen atoms in total. The maximum absolute atomic E-state index is 10.9. The van der Waals surface area contributed by atoms with Crippen LogP contribution in [0.2, 0.25) is 0 Å². The molecule has 0 heterocycles. The van der Waals surface area contributed by atoms with E-state index in [0.717, 1.165) is 0 Å². The molecule has 1 unspecified atom stereocenters. The van der Waals surface area contributed by atoms with E-state index in [1.54, 1.807) is 6.92 Å². The predicted molar refractivity (Wildman–Crippen MR) is 53.3 cm³/mol. The zero-order chi connectivity index (χ0) is 10.9. The van der Waals surface area contributed by atoms with Crippen LogP contribution >= 0.6 is 15.9 Å². The molecule has 0 aliphatic heterocycles. The van der Waals surface area contributed by atoms with E-state index in [0.29, 0.717) is 0 Å². The Bertz CT molecular complexity index is 345. The topological polar surface area (TPSA) is 74.6 Å². The van der Waals surface area contributed by atoms with Crippen molar-refractivity contribution in [2.45, 2.75) is 11.2 Å². The molecule has 0 amide bonds. The lowest BCUT2D eigenvalue weighted by molar-refractivity contribution is -0.139. The third-order valence-corrected chi connectivity index (χ3v) is 3.58. The molecule has 0 fully saturated rings. The minimum atomic E-state index is -1.31. The van der Waals surface area contributed by atoms with Crippen molar-refractivity contribution in [2.24, 2.45) is 5.92 Å². The molecule has 0 aromatic rings. The SMILES string of the molecule is C[C@@H]1C(C(=O)O)=CC=CC1(Br)C(=O)O. The van der Waals surface area contributed by atoms with Crippen molar-refractivity contribution < 1.29 is 19.8 Å². The van der Waals surface area contributed by atoms with Crippen LogP contribution in [0.15, 0.2) is 23.8 Å². The van der Waals surface area contributed by atoms with Gasteiger partial charge in [0.2, 0.25) is 0 Å². The van der Waals surface area contributed by atoms with Crippen molar-refractivity contribution in [3.63, 3.8) is 0 Å². The van der Waals surface area contributed by atoms with Crippen molar-refractivity contribution in [1.29, 1.82) is 0 Å². The van der Waals surface area contributed by atoms with Gasteiger partial charge < -0.3 is 10.2 Å². The van der Waals surface area contributed by atoms with E-state index in [1.807, 2.05) is 0 Å². The van der Waals surface area contributed by atoms with E-state index >= 15 is 0 Å². The lowest BCUT2D eigenvalue weighted by atomic mass is 9.83. The van der Waals surface area contributed by atoms with Gasteiger partial charge >= 0.3 is 11.9 Å². The zero-order valence-corrected chi connectivity index (χ0v) is 8.98. The molecule has 0 saturated heterocycles. The van der Waals surface area contributed by atoms with Crippen LogP contribution < -0.4 is 0 Å². The minimum absolute atomic E-state index is 0.0896. The summed E-state index contributed by atoms with van der Waals surface area (Å²) in [7, 11) is 0. The van der Waals surface area contributed by atoms with Gasteiger partial charge in [0, 0.05) is 11.5 Å². The van der Waals surface area contributed by atoms with Crippen LogP contribution in [0.25, 0.3) is 0 Å². The highest BCUT2D eigenvalue weighted by molar-refractivity contribution is 9.10. The second kappa shape index (κ2) is 3.57. The number of alkyl halides is 1. The molecule has 0 spiro atoms. The van der Waals surface area contributed by atoms with Crippen molar-refractivity contribution in [1.82, 2.24) is 0 Å². The summed E-state index contributed by atoms with van der Waals surface area (Å²) in [5.41, 5.74) is 0.0896. The quantitative estimate of drug-likeness (QED) is 0.737. The molecule has 0 aromatic carbocycles. The molecule has 76 valence electrons. The first kappa shape index (κ1) is 11.0. The molecule has 5 heteroatoms. The molecule has 0 bridgehead atoms. The molecular weight excluding hydrogens is 252 g/mol. The highest BCUT2D eigenvalue weighted by atomic mass is 79.9. The van der Waals surface area contributed by atoms with Crippen molar-refractivity contribution >= 4 is 27.9 Å². The Labute approximate surface area is 89.1 Å². The summed E-state index contributed by atoms with van der Waals surface area (Å²) < 4.78 is -1.31. The fourth-order valence-corrected chi connectivity index (χ4v) is 1.72. The van der Waals surface area contributed by atoms with E-state index in [-0.39, 0.29) is 5.57 Å². The standard InChI is InChI=1S/C9H9BrO4/c1-5-6(7(11)12)3-2-4-9(5,10)8(13)14/h2-5H,1H3,(H,11,12)(H,13,14)/t5-,9?/m1/s1. The van der Waals surface area contributed by atoms with Crippen molar-refractivity contribution in [3.05, 3.63) is 23.8 Å². The monoisotopic (exact) mass is 260 g/mol. The van der Waals surface area contributed by atoms with E-state index in [9.17, 15) is 9.59 Å². The molecule has 0 aromatic heterocycles. The number of carboxylic acid groups (broad SMARTS) is 2. The first-order chi connectivity index (χ1) is 6.39. The molecule has 2 atom stereocenters. The van der Waals surface area contributed by atoms with Gasteiger partial charge in [-0.3, -0.25) is 4.79 Å². The van der Waals surface area contributed by atoms with E-state index in [4.69, 9.17) is 10.2 Å². The fraction of sp³-hybridized carbons (Fsp3) is 0.333. The summed E-state index contributed by atoms with van der Waals surface area (Å²) in [4.78, 5) is 21.7. The van der Waals surface area contributed by atoms with Gasteiger partial charge in [-0.25, -0.2) is 4.79 Å². The van der Waals surface area contributed by atoms with Crippen LogP contribution in [0.1, 0.15) is 6.92 Å². The van der Waals surface area contributed by atoms with Gasteiger partial charge in [-0.2, -0.15) is 0 Å². The number of carboxylic acids is 2. The van der Waals surface area contributed by atoms with Crippen LogP contribution in [-0.2, 0) is 9.59 Å². The normalized spacial score (nSPS) is 31.0. The second-order valence-corrected chi connectivity index (χ2v) is 4.39. The van der Waals surface area contributed by atoms with Gasteiger partial charge in [0.25, 0.3) is 0 Å². The third-order valence-electron chi connectivity index (χ3n) is 2.29. The summed E-state index contributed by atoms with van der Waals surface area (Å²) in [5, 5.41) is 17.8. The summed E-state index contributed by atoms with van der Waals surface area (Å²) in [6.45, 7) is 1.56.